The molecular weight excluding hydrogens is 358 g/mol. The largest absolute Gasteiger partial charge is 0.493 e. The summed E-state index contributed by atoms with van der Waals surface area (Å²) in [5.74, 6) is 1.12. The van der Waals surface area contributed by atoms with Gasteiger partial charge in [-0.05, 0) is 50.6 Å². The van der Waals surface area contributed by atoms with Crippen molar-refractivity contribution in [1.82, 2.24) is 0 Å². The summed E-state index contributed by atoms with van der Waals surface area (Å²) in [6.45, 7) is 5.71. The molecule has 28 heavy (non-hydrogen) atoms. The van der Waals surface area contributed by atoms with E-state index in [9.17, 15) is 9.90 Å². The Morgan fingerprint density at radius 3 is 2.21 bits per heavy atom. The van der Waals surface area contributed by atoms with E-state index in [2.05, 4.69) is 0 Å². The highest BCUT2D eigenvalue weighted by molar-refractivity contribution is 5.89. The maximum atomic E-state index is 13.1. The minimum absolute atomic E-state index is 0.118. The normalized spacial score (nSPS) is 12.2. The van der Waals surface area contributed by atoms with Crippen molar-refractivity contribution in [3.05, 3.63) is 54.1 Å². The number of ether oxygens (including phenoxy) is 3. The molecule has 2 aromatic carbocycles. The third kappa shape index (κ3) is 5.16. The summed E-state index contributed by atoms with van der Waals surface area (Å²) in [7, 11) is 3.11. The van der Waals surface area contributed by atoms with Gasteiger partial charge in [-0.25, -0.2) is 4.79 Å². The Bertz CT molecular complexity index is 770. The van der Waals surface area contributed by atoms with Crippen LogP contribution < -0.4 is 14.4 Å². The highest BCUT2D eigenvalue weighted by atomic mass is 16.6. The van der Waals surface area contributed by atoms with Crippen molar-refractivity contribution in [3.63, 3.8) is 0 Å². The first-order valence-electron chi connectivity index (χ1n) is 9.20. The summed E-state index contributed by atoms with van der Waals surface area (Å²) in [6, 6.07) is 14.7. The molecule has 6 heteroatoms. The zero-order chi connectivity index (χ0) is 20.7. The molecule has 2 rings (SSSR count). The molecule has 0 saturated carbocycles. The highest BCUT2D eigenvalue weighted by Crippen LogP contribution is 2.33. The fraction of sp³-hybridized carbons (Fsp3) is 0.409. The van der Waals surface area contributed by atoms with Gasteiger partial charge in [-0.15, -0.1) is 0 Å². The van der Waals surface area contributed by atoms with Crippen molar-refractivity contribution >= 4 is 11.8 Å². The van der Waals surface area contributed by atoms with Gasteiger partial charge < -0.3 is 19.3 Å². The summed E-state index contributed by atoms with van der Waals surface area (Å²) >= 11 is 0. The SMILES string of the molecule is COc1ccc([C@@H](CCO)OC(=O)N(c2ccccc2)C(C)(C)C)cc1OC. The summed E-state index contributed by atoms with van der Waals surface area (Å²) in [6.07, 6.45) is -0.827. The molecule has 1 atom stereocenters. The molecule has 6 nitrogen and oxygen atoms in total. The minimum atomic E-state index is -0.620. The Morgan fingerprint density at radius 1 is 1.04 bits per heavy atom. The first-order chi connectivity index (χ1) is 13.3. The number of hydrogen-bond donors (Lipinski definition) is 1. The molecular formula is C22H29NO5. The molecule has 0 aliphatic carbocycles. The van der Waals surface area contributed by atoms with Gasteiger partial charge in [0.2, 0.25) is 0 Å². The van der Waals surface area contributed by atoms with Crippen LogP contribution >= 0.6 is 0 Å². The Labute approximate surface area is 166 Å². The standard InChI is InChI=1S/C22H29NO5/c1-22(2,3)23(17-9-7-6-8-10-17)21(25)28-18(13-14-24)16-11-12-19(26-4)20(15-16)27-5/h6-12,15,18,24H,13-14H2,1-5H3/t18-/m1/s1. The number of amides is 1. The smallest absolute Gasteiger partial charge is 0.415 e. The minimum Gasteiger partial charge on any atom is -0.493 e. The van der Waals surface area contributed by atoms with Crippen molar-refractivity contribution < 1.29 is 24.1 Å². The highest BCUT2D eigenvalue weighted by Gasteiger charge is 2.31. The average Bonchev–Trinajstić information content (AvgIpc) is 2.67. The van der Waals surface area contributed by atoms with Gasteiger partial charge in [-0.3, -0.25) is 4.90 Å². The van der Waals surface area contributed by atoms with Crippen molar-refractivity contribution in [1.29, 1.82) is 0 Å². The van der Waals surface area contributed by atoms with Crippen LogP contribution in [0, 0.1) is 0 Å². The van der Waals surface area contributed by atoms with Gasteiger partial charge in [0.25, 0.3) is 0 Å². The number of carbonyl (C=O) groups is 1. The van der Waals surface area contributed by atoms with E-state index in [1.165, 1.54) is 0 Å². The summed E-state index contributed by atoms with van der Waals surface area (Å²) in [4.78, 5) is 14.7. The molecule has 0 aliphatic heterocycles. The molecule has 0 radical (unpaired) electrons. The lowest BCUT2D eigenvalue weighted by Gasteiger charge is -2.36. The molecule has 2 aromatic rings. The second-order valence-electron chi connectivity index (χ2n) is 7.34. The zero-order valence-electron chi connectivity index (χ0n) is 17.1. The van der Waals surface area contributed by atoms with Crippen LogP contribution in [0.2, 0.25) is 0 Å². The number of nitrogens with zero attached hydrogens (tertiary/aromatic N) is 1. The number of aliphatic hydroxyl groups excluding tert-OH is 1. The molecule has 0 heterocycles. The van der Waals surface area contributed by atoms with E-state index in [0.717, 1.165) is 11.3 Å². The van der Waals surface area contributed by atoms with Crippen molar-refractivity contribution in [2.75, 3.05) is 25.7 Å². The maximum absolute atomic E-state index is 13.1. The van der Waals surface area contributed by atoms with E-state index in [4.69, 9.17) is 14.2 Å². The number of benzene rings is 2. The van der Waals surface area contributed by atoms with Gasteiger partial charge in [-0.1, -0.05) is 24.3 Å². The monoisotopic (exact) mass is 387 g/mol. The second kappa shape index (κ2) is 9.46. The number of para-hydroxylation sites is 1. The van der Waals surface area contributed by atoms with Crippen LogP contribution in [0.1, 0.15) is 38.9 Å². The van der Waals surface area contributed by atoms with Gasteiger partial charge in [0.15, 0.2) is 11.5 Å². The van der Waals surface area contributed by atoms with Crippen LogP contribution in [-0.4, -0.2) is 37.6 Å². The van der Waals surface area contributed by atoms with E-state index in [1.54, 1.807) is 37.3 Å². The maximum Gasteiger partial charge on any atom is 0.415 e. The van der Waals surface area contributed by atoms with Crippen LogP contribution in [0.15, 0.2) is 48.5 Å². The van der Waals surface area contributed by atoms with Crippen LogP contribution in [-0.2, 0) is 4.74 Å². The third-order valence-corrected chi connectivity index (χ3v) is 4.28. The van der Waals surface area contributed by atoms with Crippen LogP contribution in [0.25, 0.3) is 0 Å². The number of anilines is 1. The Morgan fingerprint density at radius 2 is 1.68 bits per heavy atom. The van der Waals surface area contributed by atoms with E-state index in [0.29, 0.717) is 11.5 Å². The third-order valence-electron chi connectivity index (χ3n) is 4.28. The van der Waals surface area contributed by atoms with Crippen LogP contribution in [0.4, 0.5) is 10.5 Å². The molecule has 0 fully saturated rings. The van der Waals surface area contributed by atoms with Gasteiger partial charge in [0.1, 0.15) is 6.10 Å². The molecule has 1 N–H and O–H groups in total. The molecule has 1 amide bonds. The van der Waals surface area contributed by atoms with Crippen LogP contribution in [0.5, 0.6) is 11.5 Å². The zero-order valence-corrected chi connectivity index (χ0v) is 17.1. The van der Waals surface area contributed by atoms with Crippen molar-refractivity contribution in [3.8, 4) is 11.5 Å². The topological polar surface area (TPSA) is 68.2 Å². The summed E-state index contributed by atoms with van der Waals surface area (Å²) < 4.78 is 16.4. The number of hydrogen-bond acceptors (Lipinski definition) is 5. The first-order valence-corrected chi connectivity index (χ1v) is 9.20. The van der Waals surface area contributed by atoms with Crippen molar-refractivity contribution in [2.45, 2.75) is 38.8 Å². The van der Waals surface area contributed by atoms with Crippen molar-refractivity contribution in [2.24, 2.45) is 0 Å². The fourth-order valence-corrected chi connectivity index (χ4v) is 2.98. The molecule has 0 aromatic heterocycles. The molecule has 0 unspecified atom stereocenters. The summed E-state index contributed by atoms with van der Waals surface area (Å²) in [5, 5.41) is 9.49. The fourth-order valence-electron chi connectivity index (χ4n) is 2.98. The number of rotatable bonds is 7. The quantitative estimate of drug-likeness (QED) is 0.754. The Balaban J connectivity index is 2.33. The second-order valence-corrected chi connectivity index (χ2v) is 7.34. The Hall–Kier alpha value is -2.73. The van der Waals surface area contributed by atoms with Crippen LogP contribution in [0.3, 0.4) is 0 Å². The number of aliphatic hydroxyl groups is 1. The average molecular weight is 387 g/mol. The Kier molecular flexibility index (Phi) is 7.29. The van der Waals surface area contributed by atoms with Gasteiger partial charge in [0.05, 0.1) is 14.2 Å². The molecule has 0 spiro atoms. The van der Waals surface area contributed by atoms with E-state index in [1.807, 2.05) is 51.1 Å². The van der Waals surface area contributed by atoms with E-state index < -0.39 is 17.7 Å². The first kappa shape index (κ1) is 21.6. The molecule has 0 aliphatic rings. The van der Waals surface area contributed by atoms with Gasteiger partial charge >= 0.3 is 6.09 Å². The predicted octanol–water partition coefficient (Wildman–Crippen LogP) is 4.57. The van der Waals surface area contributed by atoms with Gasteiger partial charge in [0, 0.05) is 24.3 Å². The number of carbonyl (C=O) groups excluding carboxylic acids is 1. The lowest BCUT2D eigenvalue weighted by atomic mass is 10.0. The summed E-state index contributed by atoms with van der Waals surface area (Å²) in [5.41, 5.74) is 0.983. The van der Waals surface area contributed by atoms with Gasteiger partial charge in [-0.2, -0.15) is 0 Å². The molecule has 0 bridgehead atoms. The lowest BCUT2D eigenvalue weighted by Crippen LogP contribution is -2.46. The molecule has 152 valence electrons. The van der Waals surface area contributed by atoms with E-state index in [-0.39, 0.29) is 13.0 Å². The van der Waals surface area contributed by atoms with E-state index >= 15 is 0 Å². The number of methoxy groups -OCH3 is 2. The lowest BCUT2D eigenvalue weighted by molar-refractivity contribution is 0.0821. The molecule has 0 saturated heterocycles. The predicted molar refractivity (Wildman–Crippen MR) is 109 cm³/mol.